The maximum Gasteiger partial charge on any atom is 0.268 e. The van der Waals surface area contributed by atoms with Gasteiger partial charge < -0.3 is 28.8 Å². The monoisotopic (exact) mass is 883 g/mol. The molecule has 0 rings (SSSR count). The third kappa shape index (κ3) is 45.2. The summed E-state index contributed by atoms with van der Waals surface area (Å²) in [6, 6.07) is -0.889. The summed E-state index contributed by atoms with van der Waals surface area (Å²) < 4.78 is 22.9. The first kappa shape index (κ1) is 59.2. The molecule has 0 aromatic carbocycles. The molecule has 0 fully saturated rings. The number of unbranched alkanes of at least 4 members (excludes halogenated alkanes) is 13. The van der Waals surface area contributed by atoms with E-state index in [1.807, 2.05) is 34.1 Å². The molecule has 0 aliphatic rings. The number of phosphoric acid groups is 1. The Balaban J connectivity index is 3.83. The Morgan fingerprint density at radius 2 is 0.984 bits per heavy atom. The predicted octanol–water partition coefficient (Wildman–Crippen LogP) is 13.4. The molecule has 3 unspecified atom stereocenters. The fourth-order valence-electron chi connectivity index (χ4n) is 6.17. The molecule has 0 bridgehead atoms. The van der Waals surface area contributed by atoms with Crippen LogP contribution in [0, 0.1) is 0 Å². The summed E-state index contributed by atoms with van der Waals surface area (Å²) in [5.74, 6) is -0.218. The molecule has 0 radical (unpaired) electrons. The van der Waals surface area contributed by atoms with Crippen LogP contribution < -0.4 is 10.2 Å². The Hall–Kier alpha value is -2.84. The van der Waals surface area contributed by atoms with Crippen molar-refractivity contribution >= 4 is 13.7 Å². The van der Waals surface area contributed by atoms with Gasteiger partial charge in [0.05, 0.1) is 39.9 Å². The summed E-state index contributed by atoms with van der Waals surface area (Å²) in [6.07, 6.45) is 64.0. The highest BCUT2D eigenvalue weighted by atomic mass is 31.2. The van der Waals surface area contributed by atoms with Gasteiger partial charge in [0.2, 0.25) is 5.91 Å². The molecule has 0 saturated carbocycles. The fraction of sp³-hybridized carbons (Fsp3) is 0.642. The number of aliphatic hydroxyl groups is 1. The first-order valence-corrected chi connectivity index (χ1v) is 25.7. The normalized spacial score (nSPS) is 15.1. The van der Waals surface area contributed by atoms with Crippen molar-refractivity contribution in [3.8, 4) is 0 Å². The van der Waals surface area contributed by atoms with Crippen LogP contribution in [0.3, 0.4) is 0 Å². The summed E-state index contributed by atoms with van der Waals surface area (Å²) in [7, 11) is 1.24. The minimum Gasteiger partial charge on any atom is -0.756 e. The second kappa shape index (κ2) is 43.4. The first-order chi connectivity index (χ1) is 30.0. The Labute approximate surface area is 381 Å². The smallest absolute Gasteiger partial charge is 0.268 e. The lowest BCUT2D eigenvalue weighted by atomic mass is 10.0. The zero-order chi connectivity index (χ0) is 45.7. The maximum atomic E-state index is 12.7. The molecule has 1 amide bonds. The number of carbonyl (C=O) groups excluding carboxylic acids is 1. The second-order valence-corrected chi connectivity index (χ2v) is 18.5. The third-order valence-corrected chi connectivity index (χ3v) is 10.9. The number of amides is 1. The minimum absolute atomic E-state index is 0.00786. The summed E-state index contributed by atoms with van der Waals surface area (Å²) in [5.41, 5.74) is 0. The average Bonchev–Trinajstić information content (AvgIpc) is 3.23. The van der Waals surface area contributed by atoms with Gasteiger partial charge in [0, 0.05) is 6.42 Å². The van der Waals surface area contributed by atoms with Crippen LogP contribution in [0.4, 0.5) is 0 Å². The van der Waals surface area contributed by atoms with Crippen LogP contribution >= 0.6 is 7.82 Å². The zero-order valence-electron chi connectivity index (χ0n) is 40.0. The topological polar surface area (TPSA) is 108 Å². The highest BCUT2D eigenvalue weighted by Gasteiger charge is 2.23. The lowest BCUT2D eigenvalue weighted by Crippen LogP contribution is -2.45. The van der Waals surface area contributed by atoms with E-state index < -0.39 is 26.6 Å². The lowest BCUT2D eigenvalue weighted by Gasteiger charge is -2.29. The Morgan fingerprint density at radius 3 is 1.40 bits per heavy atom. The van der Waals surface area contributed by atoms with Crippen LogP contribution in [0.2, 0.25) is 0 Å². The molecule has 0 spiro atoms. The van der Waals surface area contributed by atoms with Gasteiger partial charge in [-0.1, -0.05) is 194 Å². The van der Waals surface area contributed by atoms with Gasteiger partial charge in [0.15, 0.2) is 0 Å². The van der Waals surface area contributed by atoms with Crippen LogP contribution in [0.25, 0.3) is 0 Å². The van der Waals surface area contributed by atoms with Crippen molar-refractivity contribution in [3.63, 3.8) is 0 Å². The molecule has 354 valence electrons. The maximum absolute atomic E-state index is 12.7. The number of aliphatic hydroxyl groups excluding tert-OH is 1. The van der Waals surface area contributed by atoms with E-state index in [0.717, 1.165) is 83.5 Å². The quantitative estimate of drug-likeness (QED) is 0.0274. The number of carbonyl (C=O) groups is 1. The molecule has 0 saturated heterocycles. The van der Waals surface area contributed by atoms with Gasteiger partial charge in [-0.25, -0.2) is 0 Å². The van der Waals surface area contributed by atoms with Gasteiger partial charge in [-0.3, -0.25) is 9.36 Å². The van der Waals surface area contributed by atoms with Gasteiger partial charge in [-0.2, -0.15) is 0 Å². The summed E-state index contributed by atoms with van der Waals surface area (Å²) >= 11 is 0. The molecular weight excluding hydrogens is 792 g/mol. The minimum atomic E-state index is -4.57. The van der Waals surface area contributed by atoms with E-state index in [2.05, 4.69) is 109 Å². The molecule has 0 heterocycles. The van der Waals surface area contributed by atoms with E-state index in [1.54, 1.807) is 6.08 Å². The van der Waals surface area contributed by atoms with Gasteiger partial charge >= 0.3 is 0 Å². The SMILES string of the molecule is CC/C=C\C/C=C\C/C=C\C/C=C\C/C=C\C/C=C\C/C=C\C/C=C\CCCCCCCCCCCCCCC(=O)NC(COP(=O)([O-])OCC[N+](C)(C)C)C(O)/C=C/CCC. The number of hydrogen-bond acceptors (Lipinski definition) is 6. The van der Waals surface area contributed by atoms with Crippen LogP contribution in [-0.2, 0) is 18.4 Å². The highest BCUT2D eigenvalue weighted by molar-refractivity contribution is 7.45. The Kier molecular flexibility index (Phi) is 41.4. The summed E-state index contributed by atoms with van der Waals surface area (Å²) in [6.45, 7) is 4.28. The molecule has 0 aromatic heterocycles. The molecular formula is C53H91N2O6P. The first-order valence-electron chi connectivity index (χ1n) is 24.2. The van der Waals surface area contributed by atoms with E-state index in [9.17, 15) is 19.4 Å². The van der Waals surface area contributed by atoms with Gasteiger partial charge in [-0.05, 0) is 77.0 Å². The molecule has 3 atom stereocenters. The molecule has 9 heteroatoms. The van der Waals surface area contributed by atoms with Crippen molar-refractivity contribution in [2.45, 2.75) is 180 Å². The Bertz CT molecular complexity index is 1370. The lowest BCUT2D eigenvalue weighted by molar-refractivity contribution is -0.870. The predicted molar refractivity (Wildman–Crippen MR) is 265 cm³/mol. The van der Waals surface area contributed by atoms with E-state index >= 15 is 0 Å². The highest BCUT2D eigenvalue weighted by Crippen LogP contribution is 2.38. The Morgan fingerprint density at radius 1 is 0.581 bits per heavy atom. The van der Waals surface area contributed by atoms with Crippen LogP contribution in [0.5, 0.6) is 0 Å². The van der Waals surface area contributed by atoms with Gasteiger partial charge in [0.25, 0.3) is 7.82 Å². The number of hydrogen-bond donors (Lipinski definition) is 2. The van der Waals surface area contributed by atoms with Crippen molar-refractivity contribution in [2.24, 2.45) is 0 Å². The van der Waals surface area contributed by atoms with Crippen molar-refractivity contribution in [1.29, 1.82) is 0 Å². The van der Waals surface area contributed by atoms with Crippen molar-refractivity contribution < 1.29 is 32.9 Å². The standard InChI is InChI=1S/C53H91N2O6P/c1-6-8-10-11-12-13-14-15-16-17-18-19-20-21-22-23-24-25-26-27-28-29-30-31-32-33-34-35-36-37-38-39-40-41-42-43-45-47-53(57)54-51(52(56)46-44-9-7-2)50-61-62(58,59)60-49-48-55(3,4)5/h8,10,12-13,15-16,18-19,21-22,24-25,27-28,30-31,44,46,51-52,56H,6-7,9,11,14,17,20,23,26,29,32-43,45,47-50H2,1-5H3,(H-,54,57,58,59)/b10-8-,13-12-,16-15-,19-18-,22-21-,25-24-,28-27-,31-30-,46-44+. The van der Waals surface area contributed by atoms with Crippen LogP contribution in [-0.4, -0.2) is 68.5 Å². The summed E-state index contributed by atoms with van der Waals surface area (Å²) in [4.78, 5) is 25.0. The van der Waals surface area contributed by atoms with Gasteiger partial charge in [-0.15, -0.1) is 0 Å². The third-order valence-electron chi connectivity index (χ3n) is 9.97. The number of rotatable bonds is 42. The number of nitrogens with one attached hydrogen (secondary N) is 1. The second-order valence-electron chi connectivity index (χ2n) is 17.1. The fourth-order valence-corrected chi connectivity index (χ4v) is 6.90. The van der Waals surface area contributed by atoms with Gasteiger partial charge in [0.1, 0.15) is 13.2 Å². The number of likely N-dealkylation sites (N-methyl/N-ethyl adjacent to an activating group) is 1. The molecule has 62 heavy (non-hydrogen) atoms. The van der Waals surface area contributed by atoms with E-state index in [0.29, 0.717) is 17.4 Å². The van der Waals surface area contributed by atoms with Crippen molar-refractivity contribution in [3.05, 3.63) is 109 Å². The summed E-state index contributed by atoms with van der Waals surface area (Å²) in [5, 5.41) is 13.4. The van der Waals surface area contributed by atoms with Crippen molar-refractivity contribution in [1.82, 2.24) is 5.32 Å². The number of quaternary nitrogens is 1. The molecule has 0 aliphatic carbocycles. The number of allylic oxidation sites excluding steroid dienone is 17. The zero-order valence-corrected chi connectivity index (χ0v) is 40.9. The molecule has 0 aliphatic heterocycles. The van der Waals surface area contributed by atoms with Crippen LogP contribution in [0.1, 0.15) is 168 Å². The van der Waals surface area contributed by atoms with E-state index in [1.165, 1.54) is 64.2 Å². The largest absolute Gasteiger partial charge is 0.756 e. The van der Waals surface area contributed by atoms with Crippen molar-refractivity contribution in [2.75, 3.05) is 40.9 Å². The van der Waals surface area contributed by atoms with Crippen LogP contribution in [0.15, 0.2) is 109 Å². The van der Waals surface area contributed by atoms with E-state index in [-0.39, 0.29) is 12.5 Å². The number of nitrogens with zero attached hydrogens (tertiary/aromatic N) is 1. The number of phosphoric ester groups is 1. The van der Waals surface area contributed by atoms with E-state index in [4.69, 9.17) is 9.05 Å². The molecule has 2 N–H and O–H groups in total. The molecule has 8 nitrogen and oxygen atoms in total. The molecule has 0 aromatic rings. The average molecular weight is 883 g/mol.